The topological polar surface area (TPSA) is 67.4 Å². The lowest BCUT2D eigenvalue weighted by Crippen LogP contribution is -2.30. The van der Waals surface area contributed by atoms with Crippen molar-refractivity contribution < 1.29 is 14.3 Å². The second-order valence-electron chi connectivity index (χ2n) is 4.44. The molecule has 2 amide bonds. The van der Waals surface area contributed by atoms with Crippen LogP contribution in [0.3, 0.4) is 0 Å². The number of ether oxygens (including phenoxy) is 1. The molecule has 1 aromatic carbocycles. The molecule has 2 N–H and O–H groups in total. The Morgan fingerprint density at radius 3 is 2.58 bits per heavy atom. The number of amides is 2. The van der Waals surface area contributed by atoms with E-state index in [9.17, 15) is 9.59 Å². The maximum absolute atomic E-state index is 11.7. The van der Waals surface area contributed by atoms with Gasteiger partial charge in [0, 0.05) is 18.9 Å². The Morgan fingerprint density at radius 1 is 1.26 bits per heavy atom. The number of rotatable bonds is 6. The number of hydrogen-bond acceptors (Lipinski definition) is 3. The number of anilines is 1. The second-order valence-corrected chi connectivity index (χ2v) is 4.44. The van der Waals surface area contributed by atoms with Gasteiger partial charge in [-0.15, -0.1) is 0 Å². The van der Waals surface area contributed by atoms with Gasteiger partial charge in [-0.1, -0.05) is 26.0 Å². The minimum atomic E-state index is -0.159. The molecule has 0 saturated heterocycles. The van der Waals surface area contributed by atoms with Gasteiger partial charge in [0.25, 0.3) is 0 Å². The maximum atomic E-state index is 11.7. The van der Waals surface area contributed by atoms with Gasteiger partial charge in [0.1, 0.15) is 5.75 Å². The molecule has 1 rings (SSSR count). The van der Waals surface area contributed by atoms with E-state index in [-0.39, 0.29) is 24.2 Å². The third-order valence-corrected chi connectivity index (χ3v) is 2.56. The van der Waals surface area contributed by atoms with Crippen molar-refractivity contribution in [1.29, 1.82) is 0 Å². The van der Waals surface area contributed by atoms with E-state index in [1.54, 1.807) is 19.2 Å². The first kappa shape index (κ1) is 15.0. The molecule has 0 unspecified atom stereocenters. The van der Waals surface area contributed by atoms with Gasteiger partial charge in [0.2, 0.25) is 11.8 Å². The van der Waals surface area contributed by atoms with Gasteiger partial charge >= 0.3 is 0 Å². The SMILES string of the molecule is COc1ccccc1NC(=O)CCNC(=O)C(C)C. The molecule has 5 heteroatoms. The van der Waals surface area contributed by atoms with Crippen LogP contribution in [-0.4, -0.2) is 25.5 Å². The highest BCUT2D eigenvalue weighted by molar-refractivity contribution is 5.92. The number of carbonyl (C=O) groups is 2. The molecule has 104 valence electrons. The highest BCUT2D eigenvalue weighted by Gasteiger charge is 2.09. The lowest BCUT2D eigenvalue weighted by molar-refractivity contribution is -0.124. The summed E-state index contributed by atoms with van der Waals surface area (Å²) in [7, 11) is 1.55. The van der Waals surface area contributed by atoms with Crippen LogP contribution in [0.25, 0.3) is 0 Å². The van der Waals surface area contributed by atoms with Gasteiger partial charge in [-0.25, -0.2) is 0 Å². The smallest absolute Gasteiger partial charge is 0.226 e. The van der Waals surface area contributed by atoms with E-state index in [1.165, 1.54) is 0 Å². The Labute approximate surface area is 113 Å². The van der Waals surface area contributed by atoms with Gasteiger partial charge in [-0.05, 0) is 12.1 Å². The van der Waals surface area contributed by atoms with E-state index >= 15 is 0 Å². The average molecular weight is 264 g/mol. The summed E-state index contributed by atoms with van der Waals surface area (Å²) in [6, 6.07) is 7.19. The molecule has 0 fully saturated rings. The van der Waals surface area contributed by atoms with Crippen molar-refractivity contribution in [3.05, 3.63) is 24.3 Å². The number of para-hydroxylation sites is 2. The summed E-state index contributed by atoms with van der Waals surface area (Å²) in [5.74, 6) is 0.331. The summed E-state index contributed by atoms with van der Waals surface area (Å²) < 4.78 is 5.14. The Kier molecular flexibility index (Phi) is 5.85. The van der Waals surface area contributed by atoms with Crippen LogP contribution in [-0.2, 0) is 9.59 Å². The van der Waals surface area contributed by atoms with Crippen LogP contribution in [0.1, 0.15) is 20.3 Å². The van der Waals surface area contributed by atoms with Crippen molar-refractivity contribution in [1.82, 2.24) is 5.32 Å². The summed E-state index contributed by atoms with van der Waals surface area (Å²) in [6.07, 6.45) is 0.233. The quantitative estimate of drug-likeness (QED) is 0.823. The standard InChI is InChI=1S/C14H20N2O3/c1-10(2)14(18)15-9-8-13(17)16-11-6-4-5-7-12(11)19-3/h4-7,10H,8-9H2,1-3H3,(H,15,18)(H,16,17). The van der Waals surface area contributed by atoms with Gasteiger partial charge in [-0.3, -0.25) is 9.59 Å². The molecule has 0 saturated carbocycles. The molecule has 0 atom stereocenters. The number of hydrogen-bond donors (Lipinski definition) is 2. The van der Waals surface area contributed by atoms with E-state index in [4.69, 9.17) is 4.74 Å². The van der Waals surface area contributed by atoms with E-state index in [2.05, 4.69) is 10.6 Å². The average Bonchev–Trinajstić information content (AvgIpc) is 2.39. The summed E-state index contributed by atoms with van der Waals surface area (Å²) in [5.41, 5.74) is 0.630. The molecule has 0 radical (unpaired) electrons. The minimum absolute atomic E-state index is 0.0508. The van der Waals surface area contributed by atoms with Crippen molar-refractivity contribution in [3.8, 4) is 5.75 Å². The molecule has 0 aliphatic carbocycles. The first-order valence-corrected chi connectivity index (χ1v) is 6.25. The summed E-state index contributed by atoms with van der Waals surface area (Å²) >= 11 is 0. The Hall–Kier alpha value is -2.04. The number of methoxy groups -OCH3 is 1. The van der Waals surface area contributed by atoms with E-state index < -0.39 is 0 Å². The molecule has 5 nitrogen and oxygen atoms in total. The molecular formula is C14H20N2O3. The van der Waals surface area contributed by atoms with Crippen LogP contribution in [0.2, 0.25) is 0 Å². The van der Waals surface area contributed by atoms with Crippen LogP contribution >= 0.6 is 0 Å². The van der Waals surface area contributed by atoms with Crippen LogP contribution in [0.4, 0.5) is 5.69 Å². The zero-order valence-corrected chi connectivity index (χ0v) is 11.5. The fraction of sp³-hybridized carbons (Fsp3) is 0.429. The molecule has 0 aliphatic rings. The lowest BCUT2D eigenvalue weighted by atomic mass is 10.2. The van der Waals surface area contributed by atoms with Crippen LogP contribution in [0.15, 0.2) is 24.3 Å². The molecule has 0 spiro atoms. The maximum Gasteiger partial charge on any atom is 0.226 e. The molecule has 0 bridgehead atoms. The zero-order valence-electron chi connectivity index (χ0n) is 11.5. The fourth-order valence-electron chi connectivity index (χ4n) is 1.46. The monoisotopic (exact) mass is 264 g/mol. The predicted molar refractivity (Wildman–Crippen MR) is 74.1 cm³/mol. The van der Waals surface area contributed by atoms with Gasteiger partial charge in [-0.2, -0.15) is 0 Å². The highest BCUT2D eigenvalue weighted by atomic mass is 16.5. The molecule has 0 aliphatic heterocycles. The normalized spacial score (nSPS) is 10.1. The molecule has 0 heterocycles. The largest absolute Gasteiger partial charge is 0.495 e. The lowest BCUT2D eigenvalue weighted by Gasteiger charge is -2.10. The van der Waals surface area contributed by atoms with Crippen LogP contribution < -0.4 is 15.4 Å². The van der Waals surface area contributed by atoms with Crippen LogP contribution in [0.5, 0.6) is 5.75 Å². The Balaban J connectivity index is 2.41. The van der Waals surface area contributed by atoms with Crippen molar-refractivity contribution in [2.24, 2.45) is 5.92 Å². The first-order chi connectivity index (χ1) is 9.04. The van der Waals surface area contributed by atoms with Crippen molar-refractivity contribution in [2.45, 2.75) is 20.3 Å². The number of nitrogens with one attached hydrogen (secondary N) is 2. The van der Waals surface area contributed by atoms with Gasteiger partial charge in [0.15, 0.2) is 0 Å². The Bertz CT molecular complexity index is 444. The number of benzene rings is 1. The van der Waals surface area contributed by atoms with Crippen molar-refractivity contribution in [2.75, 3.05) is 19.0 Å². The highest BCUT2D eigenvalue weighted by Crippen LogP contribution is 2.22. The van der Waals surface area contributed by atoms with E-state index in [1.807, 2.05) is 26.0 Å². The Morgan fingerprint density at radius 2 is 1.95 bits per heavy atom. The summed E-state index contributed by atoms with van der Waals surface area (Å²) in [4.78, 5) is 23.0. The summed E-state index contributed by atoms with van der Waals surface area (Å²) in [5, 5.41) is 5.45. The fourth-order valence-corrected chi connectivity index (χ4v) is 1.46. The third kappa shape index (κ3) is 4.99. The third-order valence-electron chi connectivity index (χ3n) is 2.56. The van der Waals surface area contributed by atoms with Gasteiger partial charge < -0.3 is 15.4 Å². The molecule has 1 aromatic rings. The minimum Gasteiger partial charge on any atom is -0.495 e. The second kappa shape index (κ2) is 7.41. The summed E-state index contributed by atoms with van der Waals surface area (Å²) in [6.45, 7) is 3.95. The zero-order chi connectivity index (χ0) is 14.3. The molecule has 19 heavy (non-hydrogen) atoms. The van der Waals surface area contributed by atoms with E-state index in [0.717, 1.165) is 0 Å². The van der Waals surface area contributed by atoms with E-state index in [0.29, 0.717) is 18.0 Å². The van der Waals surface area contributed by atoms with Crippen LogP contribution in [0, 0.1) is 5.92 Å². The van der Waals surface area contributed by atoms with Gasteiger partial charge in [0.05, 0.1) is 12.8 Å². The van der Waals surface area contributed by atoms with Crippen molar-refractivity contribution in [3.63, 3.8) is 0 Å². The number of carbonyl (C=O) groups excluding carboxylic acids is 2. The first-order valence-electron chi connectivity index (χ1n) is 6.25. The van der Waals surface area contributed by atoms with Crippen molar-refractivity contribution >= 4 is 17.5 Å². The molecule has 0 aromatic heterocycles. The molecular weight excluding hydrogens is 244 g/mol. The predicted octanol–water partition coefficient (Wildman–Crippen LogP) is 1.80.